The Morgan fingerprint density at radius 3 is 2.58 bits per heavy atom. The van der Waals surface area contributed by atoms with Gasteiger partial charge in [-0.1, -0.05) is 28.1 Å². The first-order valence-electron chi connectivity index (χ1n) is 5.87. The molecule has 1 aromatic carbocycles. The van der Waals surface area contributed by atoms with Crippen molar-refractivity contribution in [2.75, 3.05) is 5.32 Å². The first-order valence-corrected chi connectivity index (χ1v) is 6.66. The summed E-state index contributed by atoms with van der Waals surface area (Å²) in [5.41, 5.74) is 1.88. The van der Waals surface area contributed by atoms with E-state index in [2.05, 4.69) is 31.3 Å². The summed E-state index contributed by atoms with van der Waals surface area (Å²) in [5, 5.41) is 6.89. The van der Waals surface area contributed by atoms with Crippen molar-refractivity contribution in [2.45, 2.75) is 24.7 Å². The SMILES string of the molecule is CC(C)(Br)C(=O)Nc1ccc(Cn2cncn2)cc1. The Kier molecular flexibility index (Phi) is 3.99. The Balaban J connectivity index is 2.01. The average molecular weight is 323 g/mol. The van der Waals surface area contributed by atoms with Crippen molar-refractivity contribution in [1.82, 2.24) is 14.8 Å². The molecule has 0 fully saturated rings. The van der Waals surface area contributed by atoms with Crippen molar-refractivity contribution >= 4 is 27.5 Å². The molecule has 6 heteroatoms. The highest BCUT2D eigenvalue weighted by atomic mass is 79.9. The monoisotopic (exact) mass is 322 g/mol. The quantitative estimate of drug-likeness (QED) is 0.879. The molecule has 1 heterocycles. The molecule has 0 radical (unpaired) electrons. The first-order chi connectivity index (χ1) is 8.95. The number of carbonyl (C=O) groups is 1. The third-order valence-corrected chi connectivity index (χ3v) is 2.92. The van der Waals surface area contributed by atoms with Gasteiger partial charge in [0, 0.05) is 5.69 Å². The molecule has 0 bridgehead atoms. The second kappa shape index (κ2) is 5.52. The third kappa shape index (κ3) is 3.89. The van der Waals surface area contributed by atoms with Gasteiger partial charge < -0.3 is 5.32 Å². The molecule has 5 nitrogen and oxygen atoms in total. The van der Waals surface area contributed by atoms with Gasteiger partial charge in [0.2, 0.25) is 5.91 Å². The van der Waals surface area contributed by atoms with E-state index >= 15 is 0 Å². The van der Waals surface area contributed by atoms with Gasteiger partial charge in [-0.25, -0.2) is 9.67 Å². The van der Waals surface area contributed by atoms with Gasteiger partial charge >= 0.3 is 0 Å². The van der Waals surface area contributed by atoms with Gasteiger partial charge in [0.1, 0.15) is 12.7 Å². The number of nitrogens with one attached hydrogen (secondary N) is 1. The van der Waals surface area contributed by atoms with Gasteiger partial charge in [-0.3, -0.25) is 4.79 Å². The molecule has 1 N–H and O–H groups in total. The van der Waals surface area contributed by atoms with Crippen molar-refractivity contribution in [3.63, 3.8) is 0 Å². The van der Waals surface area contributed by atoms with E-state index in [1.54, 1.807) is 24.9 Å². The van der Waals surface area contributed by atoms with Crippen molar-refractivity contribution in [3.8, 4) is 0 Å². The second-order valence-corrected chi connectivity index (χ2v) is 6.70. The van der Waals surface area contributed by atoms with Crippen LogP contribution in [0.3, 0.4) is 0 Å². The maximum absolute atomic E-state index is 11.8. The molecular formula is C13H15BrN4O. The molecule has 2 rings (SSSR count). The van der Waals surface area contributed by atoms with Gasteiger partial charge in [0.15, 0.2) is 0 Å². The number of carbonyl (C=O) groups excluding carboxylic acids is 1. The lowest BCUT2D eigenvalue weighted by molar-refractivity contribution is -0.117. The average Bonchev–Trinajstić information content (AvgIpc) is 2.83. The summed E-state index contributed by atoms with van der Waals surface area (Å²) < 4.78 is 1.17. The topological polar surface area (TPSA) is 59.8 Å². The number of nitrogens with zero attached hydrogens (tertiary/aromatic N) is 3. The smallest absolute Gasteiger partial charge is 0.240 e. The number of anilines is 1. The zero-order valence-corrected chi connectivity index (χ0v) is 12.4. The number of hydrogen-bond acceptors (Lipinski definition) is 3. The largest absolute Gasteiger partial charge is 0.325 e. The standard InChI is InChI=1S/C13H15BrN4O/c1-13(2,14)12(19)17-11-5-3-10(4-6-11)7-18-9-15-8-16-18/h3-6,8-9H,7H2,1-2H3,(H,17,19). The Morgan fingerprint density at radius 1 is 1.37 bits per heavy atom. The zero-order valence-electron chi connectivity index (χ0n) is 10.8. The molecule has 19 heavy (non-hydrogen) atoms. The molecule has 0 aliphatic rings. The summed E-state index contributed by atoms with van der Waals surface area (Å²) in [6.07, 6.45) is 3.18. The van der Waals surface area contributed by atoms with Gasteiger partial charge in [-0.05, 0) is 31.5 Å². The lowest BCUT2D eigenvalue weighted by atomic mass is 10.1. The second-order valence-electron chi connectivity index (χ2n) is 4.72. The minimum absolute atomic E-state index is 0.0727. The molecule has 2 aromatic rings. The zero-order chi connectivity index (χ0) is 13.9. The van der Waals surface area contributed by atoms with Crippen LogP contribution in [0.1, 0.15) is 19.4 Å². The van der Waals surface area contributed by atoms with Crippen LogP contribution in [0.5, 0.6) is 0 Å². The van der Waals surface area contributed by atoms with Crippen LogP contribution in [-0.4, -0.2) is 25.0 Å². The summed E-state index contributed by atoms with van der Waals surface area (Å²) in [5.74, 6) is -0.0727. The van der Waals surface area contributed by atoms with E-state index in [-0.39, 0.29) is 5.91 Å². The highest BCUT2D eigenvalue weighted by Crippen LogP contribution is 2.19. The van der Waals surface area contributed by atoms with Crippen LogP contribution in [-0.2, 0) is 11.3 Å². The fraction of sp³-hybridized carbons (Fsp3) is 0.308. The Hall–Kier alpha value is -1.69. The van der Waals surface area contributed by atoms with Gasteiger partial charge in [0.25, 0.3) is 0 Å². The molecule has 1 amide bonds. The summed E-state index contributed by atoms with van der Waals surface area (Å²) in [4.78, 5) is 15.7. The number of halogens is 1. The fourth-order valence-electron chi connectivity index (χ4n) is 1.47. The molecule has 0 aliphatic carbocycles. The first kappa shape index (κ1) is 13.7. The van der Waals surface area contributed by atoms with Crippen LogP contribution >= 0.6 is 15.9 Å². The minimum Gasteiger partial charge on any atom is -0.325 e. The van der Waals surface area contributed by atoms with Crippen molar-refractivity contribution in [1.29, 1.82) is 0 Å². The highest BCUT2D eigenvalue weighted by molar-refractivity contribution is 9.10. The number of aromatic nitrogens is 3. The molecule has 0 aliphatic heterocycles. The van der Waals surface area contributed by atoms with E-state index in [0.717, 1.165) is 11.3 Å². The predicted octanol–water partition coefficient (Wildman–Crippen LogP) is 2.44. The number of alkyl halides is 1. The van der Waals surface area contributed by atoms with E-state index < -0.39 is 4.32 Å². The third-order valence-electron chi connectivity index (χ3n) is 2.56. The van der Waals surface area contributed by atoms with Crippen molar-refractivity contribution in [3.05, 3.63) is 42.5 Å². The number of hydrogen-bond donors (Lipinski definition) is 1. The van der Waals surface area contributed by atoms with Crippen molar-refractivity contribution in [2.24, 2.45) is 0 Å². The van der Waals surface area contributed by atoms with Crippen LogP contribution in [0, 0.1) is 0 Å². The highest BCUT2D eigenvalue weighted by Gasteiger charge is 2.23. The minimum atomic E-state index is -0.577. The van der Waals surface area contributed by atoms with E-state index in [4.69, 9.17) is 0 Å². The summed E-state index contributed by atoms with van der Waals surface area (Å²) in [6.45, 7) is 4.28. The maximum atomic E-state index is 11.8. The Morgan fingerprint density at radius 2 is 2.05 bits per heavy atom. The molecule has 0 spiro atoms. The molecule has 0 unspecified atom stereocenters. The summed E-state index contributed by atoms with van der Waals surface area (Å²) in [6, 6.07) is 7.67. The Labute approximate surface area is 120 Å². The molecule has 0 saturated carbocycles. The summed E-state index contributed by atoms with van der Waals surface area (Å²) >= 11 is 3.33. The lowest BCUT2D eigenvalue weighted by Gasteiger charge is -2.16. The number of amides is 1. The lowest BCUT2D eigenvalue weighted by Crippen LogP contribution is -2.30. The van der Waals surface area contributed by atoms with E-state index in [1.807, 2.05) is 24.3 Å². The van der Waals surface area contributed by atoms with Crippen LogP contribution in [0.15, 0.2) is 36.9 Å². The van der Waals surface area contributed by atoms with E-state index in [9.17, 15) is 4.79 Å². The number of benzene rings is 1. The molecule has 0 atom stereocenters. The van der Waals surface area contributed by atoms with Crippen LogP contribution < -0.4 is 5.32 Å². The summed E-state index contributed by atoms with van der Waals surface area (Å²) in [7, 11) is 0. The Bertz CT molecular complexity index is 543. The molecular weight excluding hydrogens is 308 g/mol. The van der Waals surface area contributed by atoms with Crippen LogP contribution in [0.4, 0.5) is 5.69 Å². The maximum Gasteiger partial charge on any atom is 0.240 e. The normalized spacial score (nSPS) is 11.3. The molecule has 0 saturated heterocycles. The molecule has 1 aromatic heterocycles. The number of rotatable bonds is 4. The fourth-order valence-corrected chi connectivity index (χ4v) is 1.57. The van der Waals surface area contributed by atoms with E-state index in [0.29, 0.717) is 6.54 Å². The van der Waals surface area contributed by atoms with Crippen LogP contribution in [0.2, 0.25) is 0 Å². The van der Waals surface area contributed by atoms with Crippen molar-refractivity contribution < 1.29 is 4.79 Å². The van der Waals surface area contributed by atoms with Gasteiger partial charge in [-0.15, -0.1) is 0 Å². The van der Waals surface area contributed by atoms with Gasteiger partial charge in [0.05, 0.1) is 10.9 Å². The van der Waals surface area contributed by atoms with Gasteiger partial charge in [-0.2, -0.15) is 5.10 Å². The van der Waals surface area contributed by atoms with E-state index in [1.165, 1.54) is 6.33 Å². The molecule has 100 valence electrons. The predicted molar refractivity (Wildman–Crippen MR) is 77.2 cm³/mol. The van der Waals surface area contributed by atoms with Crippen LogP contribution in [0.25, 0.3) is 0 Å².